The first-order valence-corrected chi connectivity index (χ1v) is 6.85. The zero-order valence-electron chi connectivity index (χ0n) is 10.8. The molecule has 0 atom stereocenters. The fraction of sp³-hybridized carbons (Fsp3) is 0.273. The Morgan fingerprint density at radius 1 is 1.35 bits per heavy atom. The molecule has 8 nitrogen and oxygen atoms in total. The van der Waals surface area contributed by atoms with Crippen LogP contribution in [0.1, 0.15) is 17.3 Å². The summed E-state index contributed by atoms with van der Waals surface area (Å²) >= 11 is 0. The SMILES string of the molecule is CC(=O)OO.NCCS(=O)(=O)O.O=Cc1ccccc1. The van der Waals surface area contributed by atoms with Gasteiger partial charge in [-0.15, -0.1) is 0 Å². The summed E-state index contributed by atoms with van der Waals surface area (Å²) in [7, 11) is -3.80. The van der Waals surface area contributed by atoms with Crippen molar-refractivity contribution in [3.63, 3.8) is 0 Å². The van der Waals surface area contributed by atoms with E-state index < -0.39 is 16.1 Å². The zero-order valence-corrected chi connectivity index (χ0v) is 11.6. The highest BCUT2D eigenvalue weighted by molar-refractivity contribution is 7.85. The number of benzene rings is 1. The Labute approximate surface area is 116 Å². The number of rotatable bonds is 3. The van der Waals surface area contributed by atoms with E-state index >= 15 is 0 Å². The molecule has 0 saturated heterocycles. The van der Waals surface area contributed by atoms with E-state index in [9.17, 15) is 18.0 Å². The van der Waals surface area contributed by atoms with Crippen LogP contribution in [0.25, 0.3) is 0 Å². The van der Waals surface area contributed by atoms with Gasteiger partial charge >= 0.3 is 5.97 Å². The van der Waals surface area contributed by atoms with Gasteiger partial charge in [-0.25, -0.2) is 4.79 Å². The molecule has 0 fully saturated rings. The second-order valence-corrected chi connectivity index (χ2v) is 4.76. The minimum absolute atomic E-state index is 0.0289. The first-order valence-electron chi connectivity index (χ1n) is 5.24. The molecule has 114 valence electrons. The first kappa shape index (κ1) is 20.5. The predicted molar refractivity (Wildman–Crippen MR) is 71.7 cm³/mol. The quantitative estimate of drug-likeness (QED) is 0.314. The van der Waals surface area contributed by atoms with Crippen LogP contribution in [0.2, 0.25) is 0 Å². The van der Waals surface area contributed by atoms with E-state index in [0.717, 1.165) is 18.8 Å². The minimum atomic E-state index is -3.80. The maximum Gasteiger partial charge on any atom is 0.339 e. The molecular weight excluding hydrogens is 290 g/mol. The summed E-state index contributed by atoms with van der Waals surface area (Å²) in [5, 5.41) is 7.29. The fourth-order valence-corrected chi connectivity index (χ4v) is 0.978. The van der Waals surface area contributed by atoms with E-state index in [1.165, 1.54) is 0 Å². The van der Waals surface area contributed by atoms with Gasteiger partial charge in [0.05, 0.1) is 5.75 Å². The molecule has 0 saturated carbocycles. The van der Waals surface area contributed by atoms with Gasteiger partial charge in [-0.05, 0) is 0 Å². The fourth-order valence-electron chi connectivity index (χ4n) is 0.681. The van der Waals surface area contributed by atoms with E-state index in [-0.39, 0.29) is 12.3 Å². The summed E-state index contributed by atoms with van der Waals surface area (Å²) in [4.78, 5) is 22.5. The Morgan fingerprint density at radius 3 is 1.95 bits per heavy atom. The van der Waals surface area contributed by atoms with Crippen LogP contribution in [-0.2, 0) is 19.8 Å². The normalized spacial score (nSPS) is 9.20. The van der Waals surface area contributed by atoms with Crippen molar-refractivity contribution in [3.05, 3.63) is 35.9 Å². The van der Waals surface area contributed by atoms with Crippen LogP contribution in [0.5, 0.6) is 0 Å². The highest BCUT2D eigenvalue weighted by atomic mass is 32.2. The van der Waals surface area contributed by atoms with Crippen LogP contribution in [0.4, 0.5) is 0 Å². The number of carbonyl (C=O) groups is 2. The lowest BCUT2D eigenvalue weighted by Crippen LogP contribution is -2.13. The van der Waals surface area contributed by atoms with E-state index in [0.29, 0.717) is 0 Å². The molecule has 0 heterocycles. The van der Waals surface area contributed by atoms with Crippen molar-refractivity contribution in [2.45, 2.75) is 6.92 Å². The Balaban J connectivity index is 0. The van der Waals surface area contributed by atoms with Crippen LogP contribution in [0.15, 0.2) is 30.3 Å². The molecule has 0 aliphatic carbocycles. The summed E-state index contributed by atoms with van der Waals surface area (Å²) in [6, 6.07) is 9.10. The van der Waals surface area contributed by atoms with E-state index in [1.54, 1.807) is 12.1 Å². The van der Waals surface area contributed by atoms with Crippen LogP contribution in [-0.4, -0.2) is 42.8 Å². The van der Waals surface area contributed by atoms with Gasteiger partial charge in [0.15, 0.2) is 0 Å². The van der Waals surface area contributed by atoms with Crippen molar-refractivity contribution in [2.24, 2.45) is 5.73 Å². The van der Waals surface area contributed by atoms with Gasteiger partial charge in [-0.1, -0.05) is 30.3 Å². The molecule has 0 bridgehead atoms. The lowest BCUT2D eigenvalue weighted by atomic mass is 10.2. The molecule has 0 aliphatic rings. The third-order valence-corrected chi connectivity index (χ3v) is 2.19. The molecule has 9 heteroatoms. The summed E-state index contributed by atoms with van der Waals surface area (Å²) < 4.78 is 27.3. The topological polar surface area (TPSA) is 144 Å². The lowest BCUT2D eigenvalue weighted by molar-refractivity contribution is -0.231. The maximum atomic E-state index is 10.0. The third kappa shape index (κ3) is 18.6. The van der Waals surface area contributed by atoms with E-state index in [4.69, 9.17) is 15.5 Å². The Kier molecular flexibility index (Phi) is 12.5. The average molecular weight is 307 g/mol. The maximum absolute atomic E-state index is 10.0. The van der Waals surface area contributed by atoms with Crippen LogP contribution in [0.3, 0.4) is 0 Å². The molecule has 0 unspecified atom stereocenters. The van der Waals surface area contributed by atoms with Gasteiger partial charge < -0.3 is 10.6 Å². The molecule has 20 heavy (non-hydrogen) atoms. The smallest absolute Gasteiger partial charge is 0.329 e. The van der Waals surface area contributed by atoms with Gasteiger partial charge in [-0.3, -0.25) is 9.35 Å². The Bertz CT molecular complexity index is 473. The van der Waals surface area contributed by atoms with Gasteiger partial charge in [0.1, 0.15) is 6.29 Å². The standard InChI is InChI=1S/C7H6O.C2H7NO3S.C2H4O3/c8-6-7-4-2-1-3-5-7;3-1-2-7(4,5)6;1-2(3)5-4/h1-6H;1-3H2,(H,4,5,6);4H,1H3. The highest BCUT2D eigenvalue weighted by Gasteiger charge is 1.98. The number of hydrogen-bond donors (Lipinski definition) is 3. The summed E-state index contributed by atoms with van der Waals surface area (Å²) in [6.07, 6.45) is 0.833. The largest absolute Gasteiger partial charge is 0.339 e. The second-order valence-electron chi connectivity index (χ2n) is 3.19. The van der Waals surface area contributed by atoms with Crippen molar-refractivity contribution in [3.8, 4) is 0 Å². The minimum Gasteiger partial charge on any atom is -0.329 e. The summed E-state index contributed by atoms with van der Waals surface area (Å²) in [6.45, 7) is 1.08. The monoisotopic (exact) mass is 307 g/mol. The third-order valence-electron chi connectivity index (χ3n) is 1.44. The molecule has 0 spiro atoms. The van der Waals surface area contributed by atoms with Gasteiger partial charge in [0, 0.05) is 19.0 Å². The Morgan fingerprint density at radius 2 is 1.80 bits per heavy atom. The second kappa shape index (κ2) is 12.2. The van der Waals surface area contributed by atoms with E-state index in [2.05, 4.69) is 4.89 Å². The lowest BCUT2D eigenvalue weighted by Gasteiger charge is -1.86. The molecule has 1 aromatic rings. The molecular formula is C11H17NO7S. The van der Waals surface area contributed by atoms with Gasteiger partial charge in [0.25, 0.3) is 10.1 Å². The molecule has 0 aromatic heterocycles. The summed E-state index contributed by atoms with van der Waals surface area (Å²) in [5.41, 5.74) is 5.50. The number of nitrogens with two attached hydrogens (primary N) is 1. The predicted octanol–water partition coefficient (Wildman–Crippen LogP) is 0.355. The molecule has 0 aliphatic heterocycles. The highest BCUT2D eigenvalue weighted by Crippen LogP contribution is 1.91. The molecule has 0 radical (unpaired) electrons. The van der Waals surface area contributed by atoms with Crippen LogP contribution in [0, 0.1) is 0 Å². The number of hydrogen-bond acceptors (Lipinski definition) is 7. The van der Waals surface area contributed by atoms with Crippen LogP contribution >= 0.6 is 0 Å². The van der Waals surface area contributed by atoms with Crippen molar-refractivity contribution in [2.75, 3.05) is 12.3 Å². The van der Waals surface area contributed by atoms with Crippen LogP contribution < -0.4 is 5.73 Å². The summed E-state index contributed by atoms with van der Waals surface area (Å²) in [5.74, 6) is -1.04. The molecule has 1 aromatic carbocycles. The van der Waals surface area contributed by atoms with E-state index in [1.807, 2.05) is 18.2 Å². The molecule has 0 amide bonds. The molecule has 4 N–H and O–H groups in total. The van der Waals surface area contributed by atoms with Crippen molar-refractivity contribution in [1.82, 2.24) is 0 Å². The zero-order chi connectivity index (χ0) is 16.0. The number of aldehydes is 1. The first-order chi connectivity index (χ1) is 9.26. The van der Waals surface area contributed by atoms with Gasteiger partial charge in [-0.2, -0.15) is 13.7 Å². The van der Waals surface area contributed by atoms with Crippen molar-refractivity contribution < 1.29 is 32.7 Å². The van der Waals surface area contributed by atoms with Crippen molar-refractivity contribution in [1.29, 1.82) is 0 Å². The van der Waals surface area contributed by atoms with Crippen molar-refractivity contribution >= 4 is 22.4 Å². The number of carbonyl (C=O) groups excluding carboxylic acids is 2. The molecule has 1 rings (SSSR count). The van der Waals surface area contributed by atoms with Gasteiger partial charge in [0.2, 0.25) is 0 Å². The Hall–Kier alpha value is -1.81. The average Bonchev–Trinajstić information content (AvgIpc) is 2.39.